The van der Waals surface area contributed by atoms with Crippen LogP contribution in [0.2, 0.25) is 0 Å². The molecule has 2 rings (SSSR count). The van der Waals surface area contributed by atoms with Gasteiger partial charge in [0, 0.05) is 18.0 Å². The molecular weight excluding hydrogens is 250 g/mol. The van der Waals surface area contributed by atoms with Crippen LogP contribution < -0.4 is 5.56 Å². The second kappa shape index (κ2) is 7.13. The fourth-order valence-electron chi connectivity index (χ4n) is 2.60. The van der Waals surface area contributed by atoms with Crippen molar-refractivity contribution in [1.82, 2.24) is 4.57 Å². The normalized spacial score (nSPS) is 11.1. The average molecular weight is 273 g/mol. The van der Waals surface area contributed by atoms with Gasteiger partial charge in [0.15, 0.2) is 0 Å². The fraction of sp³-hybridized carbons (Fsp3) is 0.471. The molecule has 0 amide bonds. The molecule has 0 bridgehead atoms. The van der Waals surface area contributed by atoms with Crippen LogP contribution in [0.3, 0.4) is 0 Å². The van der Waals surface area contributed by atoms with E-state index in [4.69, 9.17) is 0 Å². The lowest BCUT2D eigenvalue weighted by Gasteiger charge is -2.11. The maximum absolute atomic E-state index is 12.0. The van der Waals surface area contributed by atoms with Gasteiger partial charge in [0.25, 0.3) is 5.56 Å². The molecule has 1 aromatic carbocycles. The van der Waals surface area contributed by atoms with Crippen LogP contribution in [0.4, 0.5) is 0 Å². The van der Waals surface area contributed by atoms with Crippen molar-refractivity contribution < 1.29 is 5.11 Å². The Bertz CT molecular complexity index is 616. The molecule has 0 unspecified atom stereocenters. The van der Waals surface area contributed by atoms with E-state index >= 15 is 0 Å². The smallest absolute Gasteiger partial charge is 0.254 e. The van der Waals surface area contributed by atoms with Crippen LogP contribution >= 0.6 is 0 Å². The topological polar surface area (TPSA) is 42.2 Å². The van der Waals surface area contributed by atoms with E-state index in [9.17, 15) is 9.90 Å². The van der Waals surface area contributed by atoms with Crippen LogP contribution in [0.25, 0.3) is 10.9 Å². The van der Waals surface area contributed by atoms with Gasteiger partial charge in [-0.3, -0.25) is 4.79 Å². The average Bonchev–Trinajstić information content (AvgIpc) is 2.45. The van der Waals surface area contributed by atoms with Crippen LogP contribution in [-0.4, -0.2) is 9.67 Å². The number of hydrogen-bond donors (Lipinski definition) is 1. The largest absolute Gasteiger partial charge is 0.507 e. The Labute approximate surface area is 119 Å². The first-order chi connectivity index (χ1) is 9.74. The molecule has 3 nitrogen and oxygen atoms in total. The number of hydrogen-bond acceptors (Lipinski definition) is 2. The number of benzene rings is 1. The number of fused-ring (bicyclic) bond motifs is 1. The Morgan fingerprint density at radius 2 is 1.75 bits per heavy atom. The molecule has 0 saturated carbocycles. The van der Waals surface area contributed by atoms with Gasteiger partial charge in [-0.2, -0.15) is 0 Å². The minimum atomic E-state index is -0.116. The van der Waals surface area contributed by atoms with Gasteiger partial charge in [-0.1, -0.05) is 51.2 Å². The molecule has 108 valence electrons. The molecule has 0 saturated heterocycles. The predicted molar refractivity (Wildman–Crippen MR) is 83.2 cm³/mol. The third-order valence-corrected chi connectivity index (χ3v) is 3.73. The van der Waals surface area contributed by atoms with Gasteiger partial charge in [0.05, 0.1) is 5.52 Å². The quantitative estimate of drug-likeness (QED) is 0.773. The molecule has 0 aliphatic heterocycles. The van der Waals surface area contributed by atoms with E-state index in [1.807, 2.05) is 24.3 Å². The molecule has 1 N–H and O–H groups in total. The van der Waals surface area contributed by atoms with Crippen molar-refractivity contribution >= 4 is 10.9 Å². The summed E-state index contributed by atoms with van der Waals surface area (Å²) in [4.78, 5) is 12.0. The SMILES string of the molecule is CCCCCCCCn1c(=O)cc(O)c2ccccc21. The van der Waals surface area contributed by atoms with Crippen molar-refractivity contribution in [2.75, 3.05) is 0 Å². The lowest BCUT2D eigenvalue weighted by atomic mass is 10.1. The summed E-state index contributed by atoms with van der Waals surface area (Å²) in [5.41, 5.74) is 0.709. The second-order valence-corrected chi connectivity index (χ2v) is 5.30. The van der Waals surface area contributed by atoms with E-state index in [0.717, 1.165) is 30.3 Å². The van der Waals surface area contributed by atoms with Crippen molar-refractivity contribution in [2.45, 2.75) is 52.0 Å². The van der Waals surface area contributed by atoms with Gasteiger partial charge in [0.2, 0.25) is 0 Å². The van der Waals surface area contributed by atoms with Gasteiger partial charge in [-0.15, -0.1) is 0 Å². The molecule has 0 aliphatic rings. The molecule has 20 heavy (non-hydrogen) atoms. The predicted octanol–water partition coefficient (Wildman–Crippen LogP) is 4.07. The minimum Gasteiger partial charge on any atom is -0.507 e. The number of pyridine rings is 1. The summed E-state index contributed by atoms with van der Waals surface area (Å²) < 4.78 is 1.77. The highest BCUT2D eigenvalue weighted by Gasteiger charge is 2.06. The number of nitrogens with zero attached hydrogens (tertiary/aromatic N) is 1. The Morgan fingerprint density at radius 3 is 2.55 bits per heavy atom. The van der Waals surface area contributed by atoms with Crippen molar-refractivity contribution in [3.05, 3.63) is 40.7 Å². The van der Waals surface area contributed by atoms with Crippen LogP contribution in [-0.2, 0) is 6.54 Å². The van der Waals surface area contributed by atoms with Crippen molar-refractivity contribution in [3.8, 4) is 5.75 Å². The number of aromatic nitrogens is 1. The Hall–Kier alpha value is -1.77. The van der Waals surface area contributed by atoms with E-state index in [0.29, 0.717) is 0 Å². The van der Waals surface area contributed by atoms with Crippen molar-refractivity contribution in [3.63, 3.8) is 0 Å². The van der Waals surface area contributed by atoms with E-state index < -0.39 is 0 Å². The molecule has 1 heterocycles. The highest BCUT2D eigenvalue weighted by atomic mass is 16.3. The summed E-state index contributed by atoms with van der Waals surface area (Å²) in [6.45, 7) is 2.94. The van der Waals surface area contributed by atoms with Crippen LogP contribution in [0, 0.1) is 0 Å². The van der Waals surface area contributed by atoms with E-state index in [1.165, 1.54) is 31.7 Å². The molecule has 0 radical (unpaired) electrons. The van der Waals surface area contributed by atoms with Crippen molar-refractivity contribution in [1.29, 1.82) is 0 Å². The van der Waals surface area contributed by atoms with Crippen molar-refractivity contribution in [2.24, 2.45) is 0 Å². The molecule has 0 atom stereocenters. The molecule has 3 heteroatoms. The highest BCUT2D eigenvalue weighted by molar-refractivity contribution is 5.84. The maximum atomic E-state index is 12.0. The third-order valence-electron chi connectivity index (χ3n) is 3.73. The van der Waals surface area contributed by atoms with Gasteiger partial charge >= 0.3 is 0 Å². The first kappa shape index (κ1) is 14.6. The summed E-state index contributed by atoms with van der Waals surface area (Å²) in [6.07, 6.45) is 7.23. The molecule has 2 aromatic rings. The lowest BCUT2D eigenvalue weighted by Crippen LogP contribution is -2.19. The summed E-state index contributed by atoms with van der Waals surface area (Å²) >= 11 is 0. The standard InChI is InChI=1S/C17H23NO2/c1-2-3-4-5-6-9-12-18-15-11-8-7-10-14(15)16(19)13-17(18)20/h7-8,10-11,13,19H,2-6,9,12H2,1H3. The number of rotatable bonds is 7. The Morgan fingerprint density at radius 1 is 1.05 bits per heavy atom. The first-order valence-electron chi connectivity index (χ1n) is 7.55. The summed E-state index contributed by atoms with van der Waals surface area (Å²) in [5.74, 6) is 0.0739. The second-order valence-electron chi connectivity index (χ2n) is 5.30. The van der Waals surface area contributed by atoms with E-state index in [1.54, 1.807) is 4.57 Å². The molecule has 1 aromatic heterocycles. The molecule has 0 fully saturated rings. The number of unbranched alkanes of at least 4 members (excludes halogenated alkanes) is 5. The molecule has 0 aliphatic carbocycles. The van der Waals surface area contributed by atoms with Crippen LogP contribution in [0.15, 0.2) is 35.1 Å². The zero-order valence-corrected chi connectivity index (χ0v) is 12.1. The van der Waals surface area contributed by atoms with E-state index in [2.05, 4.69) is 6.92 Å². The summed E-state index contributed by atoms with van der Waals surface area (Å²) in [6, 6.07) is 8.84. The lowest BCUT2D eigenvalue weighted by molar-refractivity contribution is 0.477. The maximum Gasteiger partial charge on any atom is 0.254 e. The Kier molecular flexibility index (Phi) is 5.22. The van der Waals surface area contributed by atoms with Gasteiger partial charge in [0.1, 0.15) is 5.75 Å². The Balaban J connectivity index is 2.08. The highest BCUT2D eigenvalue weighted by Crippen LogP contribution is 2.22. The molecule has 0 spiro atoms. The number of aryl methyl sites for hydroxylation is 1. The van der Waals surface area contributed by atoms with Crippen LogP contribution in [0.1, 0.15) is 45.4 Å². The first-order valence-corrected chi connectivity index (χ1v) is 7.55. The summed E-state index contributed by atoms with van der Waals surface area (Å²) in [5, 5.41) is 10.6. The number of para-hydroxylation sites is 1. The van der Waals surface area contributed by atoms with Gasteiger partial charge in [-0.05, 0) is 18.6 Å². The minimum absolute atomic E-state index is 0.0739. The summed E-state index contributed by atoms with van der Waals surface area (Å²) in [7, 11) is 0. The third kappa shape index (κ3) is 3.41. The number of aromatic hydroxyl groups is 1. The van der Waals surface area contributed by atoms with Gasteiger partial charge in [-0.25, -0.2) is 0 Å². The monoisotopic (exact) mass is 273 g/mol. The fourth-order valence-corrected chi connectivity index (χ4v) is 2.60. The zero-order valence-electron chi connectivity index (χ0n) is 12.1. The van der Waals surface area contributed by atoms with Gasteiger partial charge < -0.3 is 9.67 Å². The van der Waals surface area contributed by atoms with E-state index in [-0.39, 0.29) is 11.3 Å². The molecular formula is C17H23NO2. The zero-order chi connectivity index (χ0) is 14.4. The van der Waals surface area contributed by atoms with Crippen LogP contribution in [0.5, 0.6) is 5.75 Å².